The Kier molecular flexibility index (Phi) is 5.32. The number of hydrogen-bond donors (Lipinski definition) is 1. The molecule has 0 aliphatic heterocycles. The van der Waals surface area contributed by atoms with E-state index in [1.807, 2.05) is 22.0 Å². The van der Waals surface area contributed by atoms with E-state index in [1.54, 1.807) is 18.3 Å². The Hall–Kier alpha value is -1.71. The van der Waals surface area contributed by atoms with E-state index >= 15 is 0 Å². The fourth-order valence-electron chi connectivity index (χ4n) is 1.98. The van der Waals surface area contributed by atoms with Crippen LogP contribution in [-0.4, -0.2) is 27.9 Å². The molecule has 9 heteroatoms. The van der Waals surface area contributed by atoms with Gasteiger partial charge in [-0.15, -0.1) is 11.3 Å². The molecule has 1 N–H and O–H groups in total. The number of rotatable bonds is 5. The van der Waals surface area contributed by atoms with E-state index in [0.717, 1.165) is 13.9 Å². The molecule has 0 aliphatic rings. The number of fused-ring (bicyclic) bond motifs is 1. The SMILES string of the molecule is O=C(COC(=O)Cc1cn2ccsc2n1)Nc1ccc(Br)cc1Br. The fourth-order valence-corrected chi connectivity index (χ4v) is 3.85. The van der Waals surface area contributed by atoms with Crippen molar-refractivity contribution in [2.45, 2.75) is 6.42 Å². The van der Waals surface area contributed by atoms with Crippen LogP contribution in [0.15, 0.2) is 44.9 Å². The standard InChI is InChI=1S/C15H11Br2N3O3S/c16-9-1-2-12(11(17)5-9)19-13(21)8-23-14(22)6-10-7-20-3-4-24-15(20)18-10/h1-5,7H,6,8H2,(H,19,21). The zero-order valence-electron chi connectivity index (χ0n) is 12.2. The van der Waals surface area contributed by atoms with Crippen molar-refractivity contribution in [2.24, 2.45) is 0 Å². The summed E-state index contributed by atoms with van der Waals surface area (Å²) < 4.78 is 8.45. The highest BCUT2D eigenvalue weighted by atomic mass is 79.9. The van der Waals surface area contributed by atoms with Gasteiger partial charge in [-0.25, -0.2) is 4.98 Å². The molecule has 3 aromatic rings. The Bertz CT molecular complexity index is 878. The fraction of sp³-hybridized carbons (Fsp3) is 0.133. The number of thiazole rings is 1. The van der Waals surface area contributed by atoms with Gasteiger partial charge >= 0.3 is 5.97 Å². The summed E-state index contributed by atoms with van der Waals surface area (Å²) in [5.41, 5.74) is 1.22. The molecule has 0 saturated carbocycles. The van der Waals surface area contributed by atoms with Gasteiger partial charge in [0.05, 0.1) is 17.8 Å². The molecule has 1 aromatic carbocycles. The van der Waals surface area contributed by atoms with Crippen LogP contribution in [0.5, 0.6) is 0 Å². The molecule has 2 aromatic heterocycles. The monoisotopic (exact) mass is 471 g/mol. The first kappa shape index (κ1) is 17.1. The molecule has 2 heterocycles. The van der Waals surface area contributed by atoms with Crippen molar-refractivity contribution in [3.8, 4) is 0 Å². The molecule has 0 atom stereocenters. The molecule has 0 saturated heterocycles. The van der Waals surface area contributed by atoms with Crippen LogP contribution >= 0.6 is 43.2 Å². The number of esters is 1. The van der Waals surface area contributed by atoms with Crippen molar-refractivity contribution in [3.05, 3.63) is 50.6 Å². The first-order valence-electron chi connectivity index (χ1n) is 6.83. The van der Waals surface area contributed by atoms with Gasteiger partial charge in [-0.2, -0.15) is 0 Å². The number of halogens is 2. The minimum Gasteiger partial charge on any atom is -0.455 e. The number of benzene rings is 1. The average molecular weight is 473 g/mol. The molecule has 0 radical (unpaired) electrons. The number of amides is 1. The zero-order valence-corrected chi connectivity index (χ0v) is 16.2. The highest BCUT2D eigenvalue weighted by molar-refractivity contribution is 9.11. The lowest BCUT2D eigenvalue weighted by atomic mass is 10.3. The van der Waals surface area contributed by atoms with Crippen LogP contribution < -0.4 is 5.32 Å². The molecular weight excluding hydrogens is 462 g/mol. The lowest BCUT2D eigenvalue weighted by Crippen LogP contribution is -2.21. The minimum atomic E-state index is -0.495. The number of anilines is 1. The summed E-state index contributed by atoms with van der Waals surface area (Å²) in [6.45, 7) is -0.344. The Balaban J connectivity index is 1.50. The van der Waals surface area contributed by atoms with E-state index in [0.29, 0.717) is 11.4 Å². The van der Waals surface area contributed by atoms with Gasteiger partial charge in [0.1, 0.15) is 0 Å². The second-order valence-electron chi connectivity index (χ2n) is 4.83. The van der Waals surface area contributed by atoms with Crippen molar-refractivity contribution in [1.82, 2.24) is 9.38 Å². The smallest absolute Gasteiger partial charge is 0.312 e. The summed E-state index contributed by atoms with van der Waals surface area (Å²) in [6, 6.07) is 5.36. The molecular formula is C15H11Br2N3O3S. The molecule has 0 unspecified atom stereocenters. The number of ether oxygens (including phenoxy) is 1. The van der Waals surface area contributed by atoms with Gasteiger partial charge in [0, 0.05) is 26.7 Å². The number of nitrogens with one attached hydrogen (secondary N) is 1. The van der Waals surface area contributed by atoms with Crippen LogP contribution in [0.3, 0.4) is 0 Å². The van der Waals surface area contributed by atoms with Gasteiger partial charge in [-0.3, -0.25) is 14.0 Å². The minimum absolute atomic E-state index is 0.0314. The van der Waals surface area contributed by atoms with Crippen LogP contribution in [0.1, 0.15) is 5.69 Å². The van der Waals surface area contributed by atoms with Crippen LogP contribution in [0.4, 0.5) is 5.69 Å². The Morgan fingerprint density at radius 1 is 1.33 bits per heavy atom. The maximum atomic E-state index is 11.9. The van der Waals surface area contributed by atoms with Gasteiger partial charge < -0.3 is 10.1 Å². The molecule has 1 amide bonds. The first-order valence-corrected chi connectivity index (χ1v) is 9.29. The summed E-state index contributed by atoms with van der Waals surface area (Å²) in [5.74, 6) is -0.900. The van der Waals surface area contributed by atoms with Crippen molar-refractivity contribution < 1.29 is 14.3 Å². The van der Waals surface area contributed by atoms with E-state index in [-0.39, 0.29) is 13.0 Å². The highest BCUT2D eigenvalue weighted by Gasteiger charge is 2.12. The van der Waals surface area contributed by atoms with Crippen molar-refractivity contribution in [2.75, 3.05) is 11.9 Å². The summed E-state index contributed by atoms with van der Waals surface area (Å²) in [7, 11) is 0. The molecule has 0 bridgehead atoms. The topological polar surface area (TPSA) is 72.7 Å². The lowest BCUT2D eigenvalue weighted by Gasteiger charge is -2.08. The van der Waals surface area contributed by atoms with Gasteiger partial charge in [-0.05, 0) is 34.1 Å². The predicted molar refractivity (Wildman–Crippen MR) is 98.2 cm³/mol. The van der Waals surface area contributed by atoms with E-state index < -0.39 is 11.9 Å². The summed E-state index contributed by atoms with van der Waals surface area (Å²) in [4.78, 5) is 28.8. The number of imidazole rings is 1. The quantitative estimate of drug-likeness (QED) is 0.575. The van der Waals surface area contributed by atoms with Crippen molar-refractivity contribution >= 4 is 65.7 Å². The van der Waals surface area contributed by atoms with Crippen molar-refractivity contribution in [1.29, 1.82) is 0 Å². The second-order valence-corrected chi connectivity index (χ2v) is 7.48. The molecule has 24 heavy (non-hydrogen) atoms. The van der Waals surface area contributed by atoms with Crippen LogP contribution in [0.25, 0.3) is 4.96 Å². The van der Waals surface area contributed by atoms with Gasteiger partial charge in [-0.1, -0.05) is 15.9 Å². The molecule has 0 spiro atoms. The number of aromatic nitrogens is 2. The molecule has 0 fully saturated rings. The number of carbonyl (C=O) groups is 2. The van der Waals surface area contributed by atoms with Gasteiger partial charge in [0.25, 0.3) is 5.91 Å². The Labute approximate surface area is 158 Å². The molecule has 124 valence electrons. The van der Waals surface area contributed by atoms with Gasteiger partial charge in [0.2, 0.25) is 0 Å². The third kappa shape index (κ3) is 4.22. The van der Waals surface area contributed by atoms with Crippen LogP contribution in [0.2, 0.25) is 0 Å². The van der Waals surface area contributed by atoms with E-state index in [2.05, 4.69) is 42.2 Å². The third-order valence-electron chi connectivity index (χ3n) is 3.04. The number of hydrogen-bond acceptors (Lipinski definition) is 5. The average Bonchev–Trinajstić information content (AvgIpc) is 3.09. The maximum Gasteiger partial charge on any atom is 0.312 e. The highest BCUT2D eigenvalue weighted by Crippen LogP contribution is 2.26. The molecule has 6 nitrogen and oxygen atoms in total. The third-order valence-corrected chi connectivity index (χ3v) is 4.96. The van der Waals surface area contributed by atoms with Crippen molar-refractivity contribution in [3.63, 3.8) is 0 Å². The van der Waals surface area contributed by atoms with E-state index in [1.165, 1.54) is 11.3 Å². The van der Waals surface area contributed by atoms with Gasteiger partial charge in [0.15, 0.2) is 11.6 Å². The van der Waals surface area contributed by atoms with Crippen LogP contribution in [0, 0.1) is 0 Å². The second kappa shape index (κ2) is 7.45. The Morgan fingerprint density at radius 2 is 2.17 bits per heavy atom. The van der Waals surface area contributed by atoms with Crippen LogP contribution in [-0.2, 0) is 20.7 Å². The molecule has 3 rings (SSSR count). The number of carbonyl (C=O) groups excluding carboxylic acids is 2. The predicted octanol–water partition coefficient (Wildman–Crippen LogP) is 3.65. The maximum absolute atomic E-state index is 11.9. The first-order chi connectivity index (χ1) is 11.5. The lowest BCUT2D eigenvalue weighted by molar-refractivity contribution is -0.146. The van der Waals surface area contributed by atoms with E-state index in [4.69, 9.17) is 4.74 Å². The zero-order chi connectivity index (χ0) is 17.1. The summed E-state index contributed by atoms with van der Waals surface area (Å²) in [6.07, 6.45) is 3.67. The summed E-state index contributed by atoms with van der Waals surface area (Å²) >= 11 is 8.17. The largest absolute Gasteiger partial charge is 0.455 e. The Morgan fingerprint density at radius 3 is 2.92 bits per heavy atom. The summed E-state index contributed by atoms with van der Waals surface area (Å²) in [5, 5.41) is 4.58. The normalized spacial score (nSPS) is 10.8. The number of nitrogens with zero attached hydrogens (tertiary/aromatic N) is 2. The molecule has 0 aliphatic carbocycles. The van der Waals surface area contributed by atoms with E-state index in [9.17, 15) is 9.59 Å².